The molecule has 2 amide bonds. The maximum absolute atomic E-state index is 13.4. The molecule has 35 heavy (non-hydrogen) atoms. The lowest BCUT2D eigenvalue weighted by molar-refractivity contribution is 0.0999. The fourth-order valence-electron chi connectivity index (χ4n) is 3.66. The van der Waals surface area contributed by atoms with Crippen molar-refractivity contribution in [2.75, 3.05) is 10.6 Å². The van der Waals surface area contributed by atoms with Crippen LogP contribution in [0.5, 0.6) is 0 Å². The van der Waals surface area contributed by atoms with Crippen LogP contribution < -0.4 is 10.6 Å². The molecule has 174 valence electrons. The van der Waals surface area contributed by atoms with Crippen LogP contribution in [-0.2, 0) is 0 Å². The first-order valence-corrected chi connectivity index (χ1v) is 10.9. The van der Waals surface area contributed by atoms with E-state index in [-0.39, 0.29) is 22.8 Å². The molecule has 9 heteroatoms. The molecule has 0 spiro atoms. The minimum atomic E-state index is -0.608. The summed E-state index contributed by atoms with van der Waals surface area (Å²) in [4.78, 5) is 26.5. The fourth-order valence-corrected chi connectivity index (χ4v) is 3.79. The highest BCUT2D eigenvalue weighted by Crippen LogP contribution is 2.34. The van der Waals surface area contributed by atoms with Crippen molar-refractivity contribution in [3.05, 3.63) is 101 Å². The summed E-state index contributed by atoms with van der Waals surface area (Å²) in [5, 5.41) is 10.5. The van der Waals surface area contributed by atoms with E-state index in [1.807, 2.05) is 0 Å². The monoisotopic (exact) mass is 489 g/mol. The lowest BCUT2D eigenvalue weighted by Crippen LogP contribution is -2.18. The average molecular weight is 490 g/mol. The van der Waals surface area contributed by atoms with Crippen molar-refractivity contribution >= 4 is 45.8 Å². The summed E-state index contributed by atoms with van der Waals surface area (Å²) >= 11 is 5.98. The molecular formula is C26H17ClFN3O4. The van der Waals surface area contributed by atoms with Crippen LogP contribution in [0.15, 0.2) is 81.7 Å². The van der Waals surface area contributed by atoms with Crippen LogP contribution in [0.25, 0.3) is 22.3 Å². The SMILES string of the molecule is Cc1noc(-c2ccc(Cl)cc2)c1C(=O)Nc1c(C(=O)Nc2ccc(F)cc2)oc2ccccc12. The number of carbonyl (C=O) groups is 2. The summed E-state index contributed by atoms with van der Waals surface area (Å²) < 4.78 is 24.4. The van der Waals surface area contributed by atoms with Gasteiger partial charge in [-0.05, 0) is 67.6 Å². The number of halogens is 2. The number of benzene rings is 3. The smallest absolute Gasteiger partial charge is 0.293 e. The van der Waals surface area contributed by atoms with Crippen LogP contribution in [-0.4, -0.2) is 17.0 Å². The van der Waals surface area contributed by atoms with E-state index in [0.29, 0.717) is 32.9 Å². The molecule has 5 aromatic rings. The minimum absolute atomic E-state index is 0.106. The van der Waals surface area contributed by atoms with Gasteiger partial charge in [-0.25, -0.2) is 4.39 Å². The number of nitrogens with zero attached hydrogens (tertiary/aromatic N) is 1. The third-order valence-corrected chi connectivity index (χ3v) is 5.59. The maximum atomic E-state index is 13.4. The van der Waals surface area contributed by atoms with Gasteiger partial charge in [0.1, 0.15) is 22.7 Å². The Kier molecular flexibility index (Phi) is 5.80. The number of carbonyl (C=O) groups excluding carboxylic acids is 2. The van der Waals surface area contributed by atoms with Crippen LogP contribution in [0.2, 0.25) is 5.02 Å². The van der Waals surface area contributed by atoms with E-state index >= 15 is 0 Å². The highest BCUT2D eigenvalue weighted by Gasteiger charge is 2.27. The number of fused-ring (bicyclic) bond motifs is 1. The minimum Gasteiger partial charge on any atom is -0.449 e. The Morgan fingerprint density at radius 3 is 2.37 bits per heavy atom. The second-order valence-electron chi connectivity index (χ2n) is 7.70. The van der Waals surface area contributed by atoms with Gasteiger partial charge in [-0.15, -0.1) is 0 Å². The summed E-state index contributed by atoms with van der Waals surface area (Å²) in [5.41, 5.74) is 2.17. The molecule has 2 aromatic heterocycles. The number of rotatable bonds is 5. The molecule has 3 aromatic carbocycles. The van der Waals surface area contributed by atoms with Crippen LogP contribution in [0.3, 0.4) is 0 Å². The molecule has 0 aliphatic heterocycles. The molecule has 0 aliphatic carbocycles. The Bertz CT molecular complexity index is 1560. The quantitative estimate of drug-likeness (QED) is 0.286. The predicted octanol–water partition coefficient (Wildman–Crippen LogP) is 6.69. The normalized spacial score (nSPS) is 10.9. The molecule has 0 atom stereocenters. The zero-order chi connectivity index (χ0) is 24.5. The lowest BCUT2D eigenvalue weighted by Gasteiger charge is -2.08. The Labute approximate surface area is 203 Å². The third-order valence-electron chi connectivity index (χ3n) is 5.34. The largest absolute Gasteiger partial charge is 0.449 e. The van der Waals surface area contributed by atoms with Crippen molar-refractivity contribution in [3.8, 4) is 11.3 Å². The van der Waals surface area contributed by atoms with Crippen molar-refractivity contribution in [1.29, 1.82) is 0 Å². The standard InChI is InChI=1S/C26H17ClFN3O4/c1-14-21(23(35-31-14)15-6-8-16(27)9-7-15)25(32)30-22-19-4-2-3-5-20(19)34-24(22)26(33)29-18-12-10-17(28)11-13-18/h2-13H,1H3,(H,29,33)(H,30,32). The van der Waals surface area contributed by atoms with E-state index < -0.39 is 17.6 Å². The lowest BCUT2D eigenvalue weighted by atomic mass is 10.1. The second kappa shape index (κ2) is 9.08. The predicted molar refractivity (Wildman–Crippen MR) is 130 cm³/mol. The molecule has 2 heterocycles. The van der Waals surface area contributed by atoms with Crippen molar-refractivity contribution in [3.63, 3.8) is 0 Å². The van der Waals surface area contributed by atoms with Gasteiger partial charge in [0.15, 0.2) is 5.76 Å². The summed E-state index contributed by atoms with van der Waals surface area (Å²) in [6, 6.07) is 19.0. The summed E-state index contributed by atoms with van der Waals surface area (Å²) in [6.07, 6.45) is 0. The molecule has 0 saturated carbocycles. The Hall–Kier alpha value is -4.43. The molecule has 0 radical (unpaired) electrons. The van der Waals surface area contributed by atoms with E-state index in [4.69, 9.17) is 20.5 Å². The number of para-hydroxylation sites is 1. The highest BCUT2D eigenvalue weighted by atomic mass is 35.5. The van der Waals surface area contributed by atoms with Crippen LogP contribution in [0, 0.1) is 12.7 Å². The molecule has 2 N–H and O–H groups in total. The van der Waals surface area contributed by atoms with E-state index in [2.05, 4.69) is 15.8 Å². The molecule has 0 unspecified atom stereocenters. The van der Waals surface area contributed by atoms with Gasteiger partial charge < -0.3 is 19.6 Å². The number of aromatic nitrogens is 1. The number of aryl methyl sites for hydroxylation is 1. The number of nitrogens with one attached hydrogen (secondary N) is 2. The van der Waals surface area contributed by atoms with Gasteiger partial charge in [0.05, 0.1) is 5.69 Å². The number of anilines is 2. The van der Waals surface area contributed by atoms with Crippen molar-refractivity contribution in [1.82, 2.24) is 5.16 Å². The number of furan rings is 1. The van der Waals surface area contributed by atoms with Gasteiger partial charge in [0.25, 0.3) is 11.8 Å². The molecule has 5 rings (SSSR count). The van der Waals surface area contributed by atoms with Crippen molar-refractivity contribution in [2.45, 2.75) is 6.92 Å². The number of hydrogen-bond donors (Lipinski definition) is 2. The first-order chi connectivity index (χ1) is 16.9. The third kappa shape index (κ3) is 4.39. The molecule has 0 bridgehead atoms. The molecule has 0 aliphatic rings. The van der Waals surface area contributed by atoms with Crippen LogP contribution >= 0.6 is 11.6 Å². The molecular weight excluding hydrogens is 473 g/mol. The van der Waals surface area contributed by atoms with Gasteiger partial charge in [-0.1, -0.05) is 28.9 Å². The van der Waals surface area contributed by atoms with E-state index in [9.17, 15) is 14.0 Å². The van der Waals surface area contributed by atoms with Crippen molar-refractivity contribution in [2.24, 2.45) is 0 Å². The topological polar surface area (TPSA) is 97.4 Å². The van der Waals surface area contributed by atoms with E-state index in [0.717, 1.165) is 0 Å². The molecule has 0 fully saturated rings. The van der Waals surface area contributed by atoms with Gasteiger partial charge in [0, 0.05) is 21.7 Å². The summed E-state index contributed by atoms with van der Waals surface area (Å²) in [7, 11) is 0. The van der Waals surface area contributed by atoms with Gasteiger partial charge >= 0.3 is 0 Å². The summed E-state index contributed by atoms with van der Waals surface area (Å²) in [6.45, 7) is 1.65. The molecule has 7 nitrogen and oxygen atoms in total. The zero-order valence-corrected chi connectivity index (χ0v) is 19.0. The van der Waals surface area contributed by atoms with Gasteiger partial charge in [-0.2, -0.15) is 0 Å². The fraction of sp³-hybridized carbons (Fsp3) is 0.0385. The van der Waals surface area contributed by atoms with Gasteiger partial charge in [0.2, 0.25) is 5.76 Å². The molecule has 0 saturated heterocycles. The Morgan fingerprint density at radius 2 is 1.63 bits per heavy atom. The summed E-state index contributed by atoms with van der Waals surface area (Å²) in [5.74, 6) is -1.41. The van der Waals surface area contributed by atoms with E-state index in [1.165, 1.54) is 24.3 Å². The number of hydrogen-bond acceptors (Lipinski definition) is 5. The van der Waals surface area contributed by atoms with Crippen LogP contribution in [0.4, 0.5) is 15.8 Å². The Morgan fingerprint density at radius 1 is 0.914 bits per heavy atom. The van der Waals surface area contributed by atoms with Crippen LogP contribution in [0.1, 0.15) is 26.6 Å². The number of amides is 2. The highest BCUT2D eigenvalue weighted by molar-refractivity contribution is 6.30. The Balaban J connectivity index is 1.52. The first kappa shape index (κ1) is 22.4. The van der Waals surface area contributed by atoms with E-state index in [1.54, 1.807) is 55.5 Å². The average Bonchev–Trinajstić information content (AvgIpc) is 3.42. The van der Waals surface area contributed by atoms with Crippen molar-refractivity contribution < 1.29 is 22.9 Å². The first-order valence-electron chi connectivity index (χ1n) is 10.5. The second-order valence-corrected chi connectivity index (χ2v) is 8.13. The van der Waals surface area contributed by atoms with Gasteiger partial charge in [-0.3, -0.25) is 9.59 Å². The zero-order valence-electron chi connectivity index (χ0n) is 18.3. The maximum Gasteiger partial charge on any atom is 0.293 e.